The second kappa shape index (κ2) is 7.06. The van der Waals surface area contributed by atoms with Crippen LogP contribution in [0.15, 0.2) is 23.2 Å². The standard InChI is InChI=1S/C16H25N3O4S/c1-11(2)19(12(3)4)24(22,23)13-7-8-15(17-10-13)18-9-5-6-14(18)16(20)21/h7-8,10-12,14H,5-6,9H2,1-4H3,(H,20,21). The molecule has 1 fully saturated rings. The van der Waals surface area contributed by atoms with Crippen molar-refractivity contribution >= 4 is 21.8 Å². The molecule has 1 atom stereocenters. The zero-order valence-electron chi connectivity index (χ0n) is 14.5. The molecular formula is C16H25N3O4S. The number of carboxylic acid groups (broad SMARTS) is 1. The molecule has 7 nitrogen and oxygen atoms in total. The van der Waals surface area contributed by atoms with Crippen molar-refractivity contribution in [1.82, 2.24) is 9.29 Å². The molecule has 0 bridgehead atoms. The number of nitrogens with zero attached hydrogens (tertiary/aromatic N) is 3. The van der Waals surface area contributed by atoms with E-state index in [1.165, 1.54) is 16.6 Å². The van der Waals surface area contributed by atoms with Crippen molar-refractivity contribution in [1.29, 1.82) is 0 Å². The quantitative estimate of drug-likeness (QED) is 0.839. The van der Waals surface area contributed by atoms with Crippen LogP contribution in [0, 0.1) is 0 Å². The number of anilines is 1. The first-order valence-corrected chi connectivity index (χ1v) is 9.59. The van der Waals surface area contributed by atoms with Crippen LogP contribution in [0.5, 0.6) is 0 Å². The molecule has 134 valence electrons. The van der Waals surface area contributed by atoms with E-state index in [1.807, 2.05) is 27.7 Å². The van der Waals surface area contributed by atoms with Gasteiger partial charge in [0.2, 0.25) is 10.0 Å². The average Bonchev–Trinajstić information content (AvgIpc) is 2.95. The Morgan fingerprint density at radius 3 is 2.38 bits per heavy atom. The summed E-state index contributed by atoms with van der Waals surface area (Å²) in [4.78, 5) is 17.3. The lowest BCUT2D eigenvalue weighted by atomic mass is 10.2. The Bertz CT molecular complexity index is 678. The predicted molar refractivity (Wildman–Crippen MR) is 91.5 cm³/mol. The van der Waals surface area contributed by atoms with Crippen molar-refractivity contribution < 1.29 is 18.3 Å². The third kappa shape index (κ3) is 3.54. The van der Waals surface area contributed by atoms with E-state index < -0.39 is 22.0 Å². The Balaban J connectivity index is 2.30. The molecule has 2 heterocycles. The van der Waals surface area contributed by atoms with E-state index in [2.05, 4.69) is 4.98 Å². The highest BCUT2D eigenvalue weighted by atomic mass is 32.2. The molecule has 1 saturated heterocycles. The molecule has 24 heavy (non-hydrogen) atoms. The van der Waals surface area contributed by atoms with Crippen LogP contribution >= 0.6 is 0 Å². The first kappa shape index (κ1) is 18.7. The molecule has 8 heteroatoms. The van der Waals surface area contributed by atoms with E-state index in [0.29, 0.717) is 18.8 Å². The summed E-state index contributed by atoms with van der Waals surface area (Å²) in [6.45, 7) is 7.95. The van der Waals surface area contributed by atoms with Gasteiger partial charge in [0.05, 0.1) is 0 Å². The van der Waals surface area contributed by atoms with Crippen molar-refractivity contribution in [3.05, 3.63) is 18.3 Å². The molecular weight excluding hydrogens is 330 g/mol. The number of aromatic nitrogens is 1. The number of carbonyl (C=O) groups is 1. The number of hydrogen-bond donors (Lipinski definition) is 1. The molecule has 1 unspecified atom stereocenters. The van der Waals surface area contributed by atoms with Gasteiger partial charge in [-0.05, 0) is 52.7 Å². The lowest BCUT2D eigenvalue weighted by Crippen LogP contribution is -2.42. The SMILES string of the molecule is CC(C)N(C(C)C)S(=O)(=O)c1ccc(N2CCCC2C(=O)O)nc1. The molecule has 0 aliphatic carbocycles. The average molecular weight is 355 g/mol. The van der Waals surface area contributed by atoms with E-state index in [0.717, 1.165) is 6.42 Å². The topological polar surface area (TPSA) is 90.8 Å². The number of hydrogen-bond acceptors (Lipinski definition) is 5. The maximum atomic E-state index is 12.8. The molecule has 0 amide bonds. The van der Waals surface area contributed by atoms with Gasteiger partial charge < -0.3 is 10.0 Å². The van der Waals surface area contributed by atoms with Gasteiger partial charge in [-0.25, -0.2) is 18.2 Å². The van der Waals surface area contributed by atoms with E-state index in [-0.39, 0.29) is 17.0 Å². The van der Waals surface area contributed by atoms with Gasteiger partial charge in [-0.3, -0.25) is 0 Å². The van der Waals surface area contributed by atoms with Crippen LogP contribution in [0.4, 0.5) is 5.82 Å². The minimum atomic E-state index is -3.63. The summed E-state index contributed by atoms with van der Waals surface area (Å²) in [6, 6.07) is 2.18. The summed E-state index contributed by atoms with van der Waals surface area (Å²) in [6.07, 6.45) is 2.68. The first-order chi connectivity index (χ1) is 11.2. The first-order valence-electron chi connectivity index (χ1n) is 8.15. The highest BCUT2D eigenvalue weighted by Crippen LogP contribution is 2.26. The number of aliphatic carboxylic acids is 1. The Hall–Kier alpha value is -1.67. The summed E-state index contributed by atoms with van der Waals surface area (Å²) >= 11 is 0. The molecule has 2 rings (SSSR count). The largest absolute Gasteiger partial charge is 0.480 e. The van der Waals surface area contributed by atoms with Crippen LogP contribution in [0.3, 0.4) is 0 Å². The molecule has 0 radical (unpaired) electrons. The predicted octanol–water partition coefficient (Wildman–Crippen LogP) is 1.94. The molecule has 1 aliphatic heterocycles. The fraction of sp³-hybridized carbons (Fsp3) is 0.625. The smallest absolute Gasteiger partial charge is 0.326 e. The second-order valence-corrected chi connectivity index (χ2v) is 8.41. The van der Waals surface area contributed by atoms with E-state index in [9.17, 15) is 18.3 Å². The lowest BCUT2D eigenvalue weighted by Gasteiger charge is -2.29. The van der Waals surface area contributed by atoms with Crippen LogP contribution in [0.1, 0.15) is 40.5 Å². The van der Waals surface area contributed by atoms with E-state index in [4.69, 9.17) is 0 Å². The fourth-order valence-corrected chi connectivity index (χ4v) is 5.05. The minimum absolute atomic E-state index is 0.125. The number of carboxylic acids is 1. The van der Waals surface area contributed by atoms with Gasteiger partial charge in [0.25, 0.3) is 0 Å². The summed E-state index contributed by atoms with van der Waals surface area (Å²) in [5.74, 6) is -0.378. The van der Waals surface area contributed by atoms with Crippen LogP contribution in [0.25, 0.3) is 0 Å². The van der Waals surface area contributed by atoms with Crippen molar-refractivity contribution in [2.24, 2.45) is 0 Å². The van der Waals surface area contributed by atoms with Crippen LogP contribution < -0.4 is 4.90 Å². The van der Waals surface area contributed by atoms with Crippen molar-refractivity contribution in [3.8, 4) is 0 Å². The zero-order valence-corrected chi connectivity index (χ0v) is 15.3. The van der Waals surface area contributed by atoms with Gasteiger partial charge in [0.1, 0.15) is 16.8 Å². The number of sulfonamides is 1. The summed E-state index contributed by atoms with van der Waals surface area (Å²) in [5, 5.41) is 9.25. The number of rotatable bonds is 6. The molecule has 1 aromatic rings. The summed E-state index contributed by atoms with van der Waals surface area (Å²) < 4.78 is 27.0. The van der Waals surface area contributed by atoms with Crippen molar-refractivity contribution in [3.63, 3.8) is 0 Å². The van der Waals surface area contributed by atoms with Gasteiger partial charge in [-0.15, -0.1) is 0 Å². The van der Waals surface area contributed by atoms with E-state index >= 15 is 0 Å². The molecule has 1 aromatic heterocycles. The van der Waals surface area contributed by atoms with Gasteiger partial charge in [-0.2, -0.15) is 4.31 Å². The molecule has 1 N–H and O–H groups in total. The summed E-state index contributed by atoms with van der Waals surface area (Å²) in [5.41, 5.74) is 0. The molecule has 0 saturated carbocycles. The third-order valence-electron chi connectivity index (χ3n) is 4.15. The monoisotopic (exact) mass is 355 g/mol. The van der Waals surface area contributed by atoms with Crippen molar-refractivity contribution in [2.75, 3.05) is 11.4 Å². The zero-order chi connectivity index (χ0) is 18.1. The van der Waals surface area contributed by atoms with Gasteiger partial charge >= 0.3 is 5.97 Å². The van der Waals surface area contributed by atoms with Crippen LogP contribution in [-0.2, 0) is 14.8 Å². The molecule has 0 spiro atoms. The highest BCUT2D eigenvalue weighted by molar-refractivity contribution is 7.89. The van der Waals surface area contributed by atoms with Crippen LogP contribution in [-0.4, -0.2) is 53.5 Å². The number of pyridine rings is 1. The van der Waals surface area contributed by atoms with Gasteiger partial charge in [-0.1, -0.05) is 0 Å². The van der Waals surface area contributed by atoms with Gasteiger partial charge in [0.15, 0.2) is 0 Å². The maximum Gasteiger partial charge on any atom is 0.326 e. The molecule has 1 aliphatic rings. The Morgan fingerprint density at radius 1 is 1.29 bits per heavy atom. The Labute approximate surface area is 143 Å². The lowest BCUT2D eigenvalue weighted by molar-refractivity contribution is -0.138. The maximum absolute atomic E-state index is 12.8. The minimum Gasteiger partial charge on any atom is -0.480 e. The van der Waals surface area contributed by atoms with Gasteiger partial charge in [0, 0.05) is 24.8 Å². The second-order valence-electron chi connectivity index (χ2n) is 6.56. The Kier molecular flexibility index (Phi) is 5.49. The highest BCUT2D eigenvalue weighted by Gasteiger charge is 2.33. The molecule has 0 aromatic carbocycles. The van der Waals surface area contributed by atoms with Crippen LogP contribution in [0.2, 0.25) is 0 Å². The summed E-state index contributed by atoms with van der Waals surface area (Å²) in [7, 11) is -3.63. The van der Waals surface area contributed by atoms with E-state index in [1.54, 1.807) is 11.0 Å². The Morgan fingerprint density at radius 2 is 1.92 bits per heavy atom. The fourth-order valence-electron chi connectivity index (χ4n) is 3.27. The third-order valence-corrected chi connectivity index (χ3v) is 6.38. The van der Waals surface area contributed by atoms with Crippen molar-refractivity contribution in [2.45, 2.75) is 63.6 Å². The normalized spacial score (nSPS) is 18.8.